The predicted molar refractivity (Wildman–Crippen MR) is 107 cm³/mol. The van der Waals surface area contributed by atoms with Crippen LogP contribution in [0.2, 0.25) is 0 Å². The van der Waals surface area contributed by atoms with E-state index in [1.165, 1.54) is 10.5 Å². The fraction of sp³-hybridized carbons (Fsp3) is 0.174. The Balaban J connectivity index is 1.66. The zero-order valence-electron chi connectivity index (χ0n) is 15.7. The third-order valence-corrected chi connectivity index (χ3v) is 4.44. The molecule has 3 aromatic rings. The van der Waals surface area contributed by atoms with Crippen LogP contribution in [0.15, 0.2) is 84.9 Å². The number of carbonyl (C=O) groups is 1. The van der Waals surface area contributed by atoms with Crippen molar-refractivity contribution in [3.63, 3.8) is 0 Å². The molecule has 0 saturated heterocycles. The Hall–Kier alpha value is -3.11. The minimum Gasteiger partial charge on any atom is -0.457 e. The minimum absolute atomic E-state index is 0.101. The molecule has 0 aliphatic heterocycles. The third-order valence-electron chi connectivity index (χ3n) is 4.44. The van der Waals surface area contributed by atoms with E-state index in [2.05, 4.69) is 31.5 Å². The van der Waals surface area contributed by atoms with Crippen molar-refractivity contribution in [2.24, 2.45) is 0 Å². The van der Waals surface area contributed by atoms with E-state index in [1.807, 2.05) is 60.7 Å². The number of nitrogens with one attached hydrogen (secondary N) is 2. The summed E-state index contributed by atoms with van der Waals surface area (Å²) in [7, 11) is 4.19. The topological polar surface area (TPSA) is 42.8 Å². The Kier molecular flexibility index (Phi) is 6.23. The fourth-order valence-electron chi connectivity index (χ4n) is 2.96. The first-order valence-electron chi connectivity index (χ1n) is 9.09. The summed E-state index contributed by atoms with van der Waals surface area (Å²) in [5, 5.41) is 3.05. The Bertz CT molecular complexity index is 864. The lowest BCUT2D eigenvalue weighted by molar-refractivity contribution is -0.890. The normalized spacial score (nSPS) is 11.8. The molecular weight excluding hydrogens is 336 g/mol. The molecule has 0 spiro atoms. The molecule has 4 nitrogen and oxygen atoms in total. The van der Waals surface area contributed by atoms with Crippen LogP contribution in [0.4, 0.5) is 0 Å². The number of benzene rings is 3. The van der Waals surface area contributed by atoms with Crippen LogP contribution >= 0.6 is 0 Å². The maximum atomic E-state index is 12.6. The van der Waals surface area contributed by atoms with Crippen LogP contribution in [0, 0.1) is 0 Å². The highest BCUT2D eigenvalue weighted by Crippen LogP contribution is 2.21. The van der Waals surface area contributed by atoms with E-state index in [0.29, 0.717) is 17.9 Å². The van der Waals surface area contributed by atoms with E-state index in [-0.39, 0.29) is 11.9 Å². The summed E-state index contributed by atoms with van der Waals surface area (Å²) in [6.45, 7) is 0.564. The van der Waals surface area contributed by atoms with Gasteiger partial charge in [-0.25, -0.2) is 0 Å². The largest absolute Gasteiger partial charge is 0.457 e. The number of rotatable bonds is 7. The molecule has 2 N–H and O–H groups in total. The zero-order chi connectivity index (χ0) is 19.1. The van der Waals surface area contributed by atoms with Gasteiger partial charge in [0.05, 0.1) is 20.6 Å². The Morgan fingerprint density at radius 2 is 1.52 bits per heavy atom. The predicted octanol–water partition coefficient (Wildman–Crippen LogP) is 3.09. The molecule has 27 heavy (non-hydrogen) atoms. The second kappa shape index (κ2) is 9.01. The quantitative estimate of drug-likeness (QED) is 0.679. The van der Waals surface area contributed by atoms with Crippen molar-refractivity contribution in [2.75, 3.05) is 20.6 Å². The van der Waals surface area contributed by atoms with Gasteiger partial charge in [-0.2, -0.15) is 0 Å². The van der Waals surface area contributed by atoms with Gasteiger partial charge >= 0.3 is 0 Å². The van der Waals surface area contributed by atoms with Crippen molar-refractivity contribution >= 4 is 5.91 Å². The first-order valence-corrected chi connectivity index (χ1v) is 9.09. The summed E-state index contributed by atoms with van der Waals surface area (Å²) in [6.07, 6.45) is 0. The summed E-state index contributed by atoms with van der Waals surface area (Å²) >= 11 is 0. The van der Waals surface area contributed by atoms with Crippen LogP contribution in [0.1, 0.15) is 22.0 Å². The summed E-state index contributed by atoms with van der Waals surface area (Å²) < 4.78 is 5.82. The molecule has 0 bridgehead atoms. The lowest BCUT2D eigenvalue weighted by atomic mass is 10.1. The molecule has 0 unspecified atom stereocenters. The average molecular weight is 361 g/mol. The van der Waals surface area contributed by atoms with Gasteiger partial charge in [0.1, 0.15) is 17.5 Å². The maximum absolute atomic E-state index is 12.6. The van der Waals surface area contributed by atoms with Crippen molar-refractivity contribution in [1.82, 2.24) is 5.32 Å². The molecule has 3 aromatic carbocycles. The van der Waals surface area contributed by atoms with Crippen LogP contribution in [0.3, 0.4) is 0 Å². The van der Waals surface area contributed by atoms with Crippen LogP contribution in [-0.2, 0) is 0 Å². The molecule has 0 aliphatic rings. The van der Waals surface area contributed by atoms with E-state index >= 15 is 0 Å². The summed E-state index contributed by atoms with van der Waals surface area (Å²) in [4.78, 5) is 13.9. The van der Waals surface area contributed by atoms with Crippen molar-refractivity contribution in [1.29, 1.82) is 0 Å². The first kappa shape index (κ1) is 18.7. The molecule has 1 atom stereocenters. The van der Waals surface area contributed by atoms with Crippen LogP contribution < -0.4 is 15.0 Å². The average Bonchev–Trinajstić information content (AvgIpc) is 2.69. The minimum atomic E-state index is -0.101. The van der Waals surface area contributed by atoms with E-state index in [4.69, 9.17) is 4.74 Å². The molecular formula is C23H25N2O2+. The summed E-state index contributed by atoms with van der Waals surface area (Å²) in [5.41, 5.74) is 1.79. The molecule has 0 fully saturated rings. The standard InChI is InChI=1S/C23H24N2O2/c1-25(2)22(18-10-5-3-6-11-18)17-24-23(26)19-12-9-15-21(16-19)27-20-13-7-4-8-14-20/h3-16,22H,17H2,1-2H3,(H,24,26)/p+1/t22-/m0/s1. The molecule has 4 heteroatoms. The van der Waals surface area contributed by atoms with Gasteiger partial charge in [-0.05, 0) is 30.3 Å². The van der Waals surface area contributed by atoms with E-state index < -0.39 is 0 Å². The number of carbonyl (C=O) groups excluding carboxylic acids is 1. The molecule has 0 radical (unpaired) electrons. The van der Waals surface area contributed by atoms with E-state index in [9.17, 15) is 4.79 Å². The van der Waals surface area contributed by atoms with Crippen LogP contribution in [0.5, 0.6) is 11.5 Å². The highest BCUT2D eigenvalue weighted by Gasteiger charge is 2.19. The Morgan fingerprint density at radius 1 is 0.889 bits per heavy atom. The monoisotopic (exact) mass is 361 g/mol. The number of hydrogen-bond donors (Lipinski definition) is 2. The van der Waals surface area contributed by atoms with Gasteiger partial charge in [-0.15, -0.1) is 0 Å². The Morgan fingerprint density at radius 3 is 2.19 bits per heavy atom. The Labute approximate surface area is 160 Å². The van der Waals surface area contributed by atoms with Gasteiger partial charge in [0.25, 0.3) is 5.91 Å². The molecule has 0 aliphatic carbocycles. The molecule has 1 amide bonds. The zero-order valence-corrected chi connectivity index (χ0v) is 15.7. The van der Waals surface area contributed by atoms with Crippen molar-refractivity contribution in [3.05, 3.63) is 96.1 Å². The maximum Gasteiger partial charge on any atom is 0.251 e. The lowest BCUT2D eigenvalue weighted by Crippen LogP contribution is -3.07. The first-order chi connectivity index (χ1) is 13.1. The second-order valence-corrected chi connectivity index (χ2v) is 6.69. The van der Waals surface area contributed by atoms with Gasteiger partial charge in [-0.1, -0.05) is 54.6 Å². The third kappa shape index (κ3) is 5.19. The van der Waals surface area contributed by atoms with Gasteiger partial charge < -0.3 is 15.0 Å². The molecule has 3 rings (SSSR count). The summed E-state index contributed by atoms with van der Waals surface area (Å²) in [6, 6.07) is 27.2. The van der Waals surface area contributed by atoms with Gasteiger partial charge in [0.15, 0.2) is 0 Å². The lowest BCUT2D eigenvalue weighted by Gasteiger charge is -2.22. The SMILES string of the molecule is C[NH+](C)[C@@H](CNC(=O)c1cccc(Oc2ccccc2)c1)c1ccccc1. The van der Waals surface area contributed by atoms with E-state index in [1.54, 1.807) is 12.1 Å². The number of amides is 1. The molecule has 0 heterocycles. The van der Waals surface area contributed by atoms with Crippen molar-refractivity contribution in [2.45, 2.75) is 6.04 Å². The highest BCUT2D eigenvalue weighted by molar-refractivity contribution is 5.94. The number of para-hydroxylation sites is 1. The summed E-state index contributed by atoms with van der Waals surface area (Å²) in [5.74, 6) is 1.29. The highest BCUT2D eigenvalue weighted by atomic mass is 16.5. The van der Waals surface area contributed by atoms with Gasteiger partial charge in [0.2, 0.25) is 0 Å². The second-order valence-electron chi connectivity index (χ2n) is 6.69. The van der Waals surface area contributed by atoms with Gasteiger partial charge in [0, 0.05) is 11.1 Å². The van der Waals surface area contributed by atoms with Crippen LogP contribution in [0.25, 0.3) is 0 Å². The van der Waals surface area contributed by atoms with Gasteiger partial charge in [-0.3, -0.25) is 4.79 Å². The van der Waals surface area contributed by atoms with Crippen molar-refractivity contribution in [3.8, 4) is 11.5 Å². The molecule has 0 saturated carbocycles. The molecule has 0 aromatic heterocycles. The molecule has 138 valence electrons. The van der Waals surface area contributed by atoms with Crippen LogP contribution in [-0.4, -0.2) is 26.5 Å². The van der Waals surface area contributed by atoms with E-state index in [0.717, 1.165) is 5.75 Å². The van der Waals surface area contributed by atoms with Crippen molar-refractivity contribution < 1.29 is 14.4 Å². The number of quaternary nitrogens is 1. The number of likely N-dealkylation sites (N-methyl/N-ethyl adjacent to an activating group) is 1. The smallest absolute Gasteiger partial charge is 0.251 e. The number of hydrogen-bond acceptors (Lipinski definition) is 2. The fourth-order valence-corrected chi connectivity index (χ4v) is 2.96. The number of ether oxygens (including phenoxy) is 1.